The van der Waals surface area contributed by atoms with E-state index in [0.29, 0.717) is 10.9 Å². The zero-order valence-electron chi connectivity index (χ0n) is 12.6. The van der Waals surface area contributed by atoms with Crippen LogP contribution in [0.2, 0.25) is 5.02 Å². The maximum absolute atomic E-state index is 6.19. The topological polar surface area (TPSA) is 21.3 Å². The van der Waals surface area contributed by atoms with E-state index in [-0.39, 0.29) is 6.10 Å². The number of rotatable bonds is 7. The molecule has 112 valence electrons. The molecule has 2 nitrogen and oxygen atoms in total. The van der Waals surface area contributed by atoms with Crippen LogP contribution in [-0.2, 0) is 0 Å². The van der Waals surface area contributed by atoms with Crippen LogP contribution < -0.4 is 10.1 Å². The lowest BCUT2D eigenvalue weighted by molar-refractivity contribution is 0.200. The molecule has 0 amide bonds. The highest BCUT2D eigenvalue weighted by Crippen LogP contribution is 2.28. The smallest absolute Gasteiger partial charge is 0.138 e. The number of benzene rings is 2. The highest BCUT2D eigenvalue weighted by molar-refractivity contribution is 6.32. The largest absolute Gasteiger partial charge is 0.483 e. The minimum absolute atomic E-state index is 0.0511. The van der Waals surface area contributed by atoms with Gasteiger partial charge in [-0.3, -0.25) is 0 Å². The first-order chi connectivity index (χ1) is 10.2. The van der Waals surface area contributed by atoms with Crippen molar-refractivity contribution in [1.29, 1.82) is 0 Å². The zero-order chi connectivity index (χ0) is 15.1. The van der Waals surface area contributed by atoms with Gasteiger partial charge >= 0.3 is 0 Å². The number of nitrogens with one attached hydrogen (secondary N) is 1. The van der Waals surface area contributed by atoms with Crippen molar-refractivity contribution in [2.45, 2.75) is 20.0 Å². The third kappa shape index (κ3) is 5.07. The SMILES string of the molecule is CC(C)CNCC(Oc1ccccc1Cl)c1ccccc1. The van der Waals surface area contributed by atoms with Crippen LogP contribution in [-0.4, -0.2) is 13.1 Å². The summed E-state index contributed by atoms with van der Waals surface area (Å²) in [6.07, 6.45) is -0.0511. The van der Waals surface area contributed by atoms with Gasteiger partial charge in [0, 0.05) is 6.54 Å². The van der Waals surface area contributed by atoms with Crippen molar-refractivity contribution in [3.05, 3.63) is 65.2 Å². The first kappa shape index (κ1) is 15.9. The molecule has 21 heavy (non-hydrogen) atoms. The van der Waals surface area contributed by atoms with Crippen molar-refractivity contribution in [3.8, 4) is 5.75 Å². The van der Waals surface area contributed by atoms with Crippen LogP contribution in [0.3, 0.4) is 0 Å². The summed E-state index contributed by atoms with van der Waals surface area (Å²) in [5.74, 6) is 1.33. The Morgan fingerprint density at radius 1 is 0.952 bits per heavy atom. The van der Waals surface area contributed by atoms with Crippen molar-refractivity contribution in [2.75, 3.05) is 13.1 Å². The van der Waals surface area contributed by atoms with Gasteiger partial charge in [-0.2, -0.15) is 0 Å². The Labute approximate surface area is 132 Å². The molecule has 1 N–H and O–H groups in total. The van der Waals surface area contributed by atoms with Gasteiger partial charge in [-0.05, 0) is 30.2 Å². The zero-order valence-corrected chi connectivity index (χ0v) is 13.3. The Morgan fingerprint density at radius 2 is 1.62 bits per heavy atom. The fourth-order valence-electron chi connectivity index (χ4n) is 2.09. The van der Waals surface area contributed by atoms with Crippen molar-refractivity contribution in [3.63, 3.8) is 0 Å². The highest BCUT2D eigenvalue weighted by Gasteiger charge is 2.14. The van der Waals surface area contributed by atoms with Crippen molar-refractivity contribution < 1.29 is 4.74 Å². The van der Waals surface area contributed by atoms with E-state index in [0.717, 1.165) is 24.4 Å². The molecular weight excluding hydrogens is 282 g/mol. The highest BCUT2D eigenvalue weighted by atomic mass is 35.5. The summed E-state index contributed by atoms with van der Waals surface area (Å²) in [6, 6.07) is 17.8. The number of halogens is 1. The molecule has 1 unspecified atom stereocenters. The van der Waals surface area contributed by atoms with Gasteiger partial charge in [-0.25, -0.2) is 0 Å². The molecule has 0 radical (unpaired) electrons. The van der Waals surface area contributed by atoms with Gasteiger partial charge < -0.3 is 10.1 Å². The fourth-order valence-corrected chi connectivity index (χ4v) is 2.27. The summed E-state index contributed by atoms with van der Waals surface area (Å²) in [6.45, 7) is 6.11. The van der Waals surface area contributed by atoms with E-state index in [1.807, 2.05) is 42.5 Å². The van der Waals surface area contributed by atoms with Crippen LogP contribution in [0, 0.1) is 5.92 Å². The van der Waals surface area contributed by atoms with E-state index < -0.39 is 0 Å². The average Bonchev–Trinajstić information content (AvgIpc) is 2.49. The van der Waals surface area contributed by atoms with Gasteiger partial charge in [0.2, 0.25) is 0 Å². The van der Waals surface area contributed by atoms with Gasteiger partial charge in [0.1, 0.15) is 11.9 Å². The lowest BCUT2D eigenvalue weighted by Crippen LogP contribution is -2.28. The second kappa shape index (κ2) is 8.06. The number of hydrogen-bond donors (Lipinski definition) is 1. The number of ether oxygens (including phenoxy) is 1. The molecule has 0 aliphatic heterocycles. The third-order valence-corrected chi connectivity index (χ3v) is 3.47. The van der Waals surface area contributed by atoms with Crippen LogP contribution in [0.1, 0.15) is 25.5 Å². The molecule has 0 aromatic heterocycles. The van der Waals surface area contributed by atoms with Crippen molar-refractivity contribution in [1.82, 2.24) is 5.32 Å². The van der Waals surface area contributed by atoms with Crippen LogP contribution in [0.5, 0.6) is 5.75 Å². The summed E-state index contributed by atoms with van der Waals surface area (Å²) >= 11 is 6.19. The van der Waals surface area contributed by atoms with E-state index in [1.165, 1.54) is 0 Å². The molecule has 3 heteroatoms. The first-order valence-corrected chi connectivity index (χ1v) is 7.71. The number of para-hydroxylation sites is 1. The van der Waals surface area contributed by atoms with Gasteiger partial charge in [0.05, 0.1) is 5.02 Å². The van der Waals surface area contributed by atoms with E-state index >= 15 is 0 Å². The summed E-state index contributed by atoms with van der Waals surface area (Å²) < 4.78 is 6.12. The molecule has 2 rings (SSSR count). The third-order valence-electron chi connectivity index (χ3n) is 3.16. The number of hydrogen-bond acceptors (Lipinski definition) is 2. The van der Waals surface area contributed by atoms with Crippen LogP contribution in [0.25, 0.3) is 0 Å². The fraction of sp³-hybridized carbons (Fsp3) is 0.333. The van der Waals surface area contributed by atoms with Gasteiger partial charge in [-0.1, -0.05) is 67.9 Å². The molecular formula is C18H22ClNO. The van der Waals surface area contributed by atoms with Crippen LogP contribution in [0.15, 0.2) is 54.6 Å². The van der Waals surface area contributed by atoms with E-state index in [1.54, 1.807) is 0 Å². The molecule has 2 aromatic rings. The second-order valence-electron chi connectivity index (χ2n) is 5.50. The summed E-state index contributed by atoms with van der Waals surface area (Å²) in [5, 5.41) is 4.10. The average molecular weight is 304 g/mol. The second-order valence-corrected chi connectivity index (χ2v) is 5.91. The van der Waals surface area contributed by atoms with E-state index in [2.05, 4.69) is 31.3 Å². The normalized spacial score (nSPS) is 12.4. The lowest BCUT2D eigenvalue weighted by atomic mass is 10.1. The van der Waals surface area contributed by atoms with Crippen molar-refractivity contribution in [2.24, 2.45) is 5.92 Å². The van der Waals surface area contributed by atoms with Gasteiger partial charge in [0.25, 0.3) is 0 Å². The quantitative estimate of drug-likeness (QED) is 0.800. The predicted octanol–water partition coefficient (Wildman–Crippen LogP) is 4.71. The predicted molar refractivity (Wildman–Crippen MR) is 89.0 cm³/mol. The molecule has 0 bridgehead atoms. The van der Waals surface area contributed by atoms with E-state index in [4.69, 9.17) is 16.3 Å². The van der Waals surface area contributed by atoms with Gasteiger partial charge in [-0.15, -0.1) is 0 Å². The maximum atomic E-state index is 6.19. The molecule has 0 heterocycles. The molecule has 0 saturated heterocycles. The molecule has 2 aromatic carbocycles. The molecule has 0 fully saturated rings. The Hall–Kier alpha value is -1.51. The molecule has 0 spiro atoms. The summed E-state index contributed by atoms with van der Waals surface area (Å²) in [7, 11) is 0. The Morgan fingerprint density at radius 3 is 2.29 bits per heavy atom. The summed E-state index contributed by atoms with van der Waals surface area (Å²) in [4.78, 5) is 0. The minimum atomic E-state index is -0.0511. The minimum Gasteiger partial charge on any atom is -0.483 e. The first-order valence-electron chi connectivity index (χ1n) is 7.33. The summed E-state index contributed by atoms with van der Waals surface area (Å²) in [5.41, 5.74) is 1.15. The van der Waals surface area contributed by atoms with E-state index in [9.17, 15) is 0 Å². The standard InChI is InChI=1S/C18H22ClNO/c1-14(2)12-20-13-18(15-8-4-3-5-9-15)21-17-11-7-6-10-16(17)19/h3-11,14,18,20H,12-13H2,1-2H3. The lowest BCUT2D eigenvalue weighted by Gasteiger charge is -2.21. The van der Waals surface area contributed by atoms with Crippen LogP contribution >= 0.6 is 11.6 Å². The Bertz CT molecular complexity index is 542. The molecule has 0 saturated carbocycles. The maximum Gasteiger partial charge on any atom is 0.138 e. The Balaban J connectivity index is 2.10. The Kier molecular flexibility index (Phi) is 6.09. The van der Waals surface area contributed by atoms with Gasteiger partial charge in [0.15, 0.2) is 0 Å². The van der Waals surface area contributed by atoms with Crippen LogP contribution in [0.4, 0.5) is 0 Å². The molecule has 1 atom stereocenters. The molecule has 0 aliphatic carbocycles. The molecule has 0 aliphatic rings. The monoisotopic (exact) mass is 303 g/mol. The van der Waals surface area contributed by atoms with Crippen molar-refractivity contribution >= 4 is 11.6 Å².